The number of carboxylic acids is 1. The summed E-state index contributed by atoms with van der Waals surface area (Å²) in [6.45, 7) is 1.95. The molecular formula is C8H12N4O3. The molecule has 1 heterocycles. The van der Waals surface area contributed by atoms with Gasteiger partial charge in [0.05, 0.1) is 6.54 Å². The molecule has 0 bridgehead atoms. The number of aryl methyl sites for hydroxylation is 1. The maximum atomic E-state index is 11.2. The molecule has 2 N–H and O–H groups in total. The van der Waals surface area contributed by atoms with E-state index in [1.807, 2.05) is 0 Å². The minimum Gasteiger partial charge on any atom is -0.481 e. The first-order valence-corrected chi connectivity index (χ1v) is 4.32. The molecule has 0 atom stereocenters. The maximum Gasteiger partial charge on any atom is 0.312 e. The fraction of sp³-hybridized carbons (Fsp3) is 0.500. The Kier molecular flexibility index (Phi) is 3.37. The molecule has 0 spiro atoms. The van der Waals surface area contributed by atoms with Gasteiger partial charge in [-0.1, -0.05) is 0 Å². The van der Waals surface area contributed by atoms with Crippen LogP contribution in [-0.4, -0.2) is 44.1 Å². The number of rotatable bonds is 4. The molecule has 1 rings (SSSR count). The van der Waals surface area contributed by atoms with Crippen molar-refractivity contribution < 1.29 is 14.7 Å². The third kappa shape index (κ3) is 3.37. The average molecular weight is 212 g/mol. The highest BCUT2D eigenvalue weighted by atomic mass is 16.4. The monoisotopic (exact) mass is 212 g/mol. The molecule has 0 aliphatic rings. The van der Waals surface area contributed by atoms with Crippen molar-refractivity contribution in [1.82, 2.24) is 20.1 Å². The summed E-state index contributed by atoms with van der Waals surface area (Å²) in [5, 5.41) is 14.9. The van der Waals surface area contributed by atoms with E-state index in [2.05, 4.69) is 15.2 Å². The molecule has 82 valence electrons. The van der Waals surface area contributed by atoms with Crippen LogP contribution in [0.5, 0.6) is 0 Å². The van der Waals surface area contributed by atoms with Crippen molar-refractivity contribution in [2.45, 2.75) is 19.9 Å². The topological polar surface area (TPSA) is 99.2 Å². The lowest BCUT2D eigenvalue weighted by atomic mass is 10.3. The Labute approximate surface area is 86.1 Å². The van der Waals surface area contributed by atoms with Crippen LogP contribution in [0.3, 0.4) is 0 Å². The molecule has 1 aromatic heterocycles. The number of carboxylic acid groups (broad SMARTS) is 1. The zero-order valence-electron chi connectivity index (χ0n) is 8.52. The van der Waals surface area contributed by atoms with Gasteiger partial charge < -0.3 is 10.0 Å². The zero-order valence-corrected chi connectivity index (χ0v) is 8.52. The van der Waals surface area contributed by atoms with E-state index in [1.165, 1.54) is 11.9 Å². The molecule has 1 amide bonds. The van der Waals surface area contributed by atoms with Crippen molar-refractivity contribution in [3.63, 3.8) is 0 Å². The number of amides is 1. The van der Waals surface area contributed by atoms with E-state index in [4.69, 9.17) is 5.11 Å². The lowest BCUT2D eigenvalue weighted by Gasteiger charge is -2.13. The molecule has 0 unspecified atom stereocenters. The summed E-state index contributed by atoms with van der Waals surface area (Å²) < 4.78 is 0. The Morgan fingerprint density at radius 2 is 2.20 bits per heavy atom. The standard InChI is InChI=1S/C8H12N4O3/c1-5-9-6(11-10-5)4-12(2)7(13)3-8(14)15/h3-4H2,1-2H3,(H,14,15)(H,9,10,11). The van der Waals surface area contributed by atoms with Gasteiger partial charge in [-0.2, -0.15) is 5.10 Å². The lowest BCUT2D eigenvalue weighted by Crippen LogP contribution is -2.28. The van der Waals surface area contributed by atoms with Crippen molar-refractivity contribution in [3.05, 3.63) is 11.6 Å². The second-order valence-corrected chi connectivity index (χ2v) is 3.16. The number of carbonyl (C=O) groups is 2. The fourth-order valence-electron chi connectivity index (χ4n) is 1.02. The number of H-pyrrole nitrogens is 1. The summed E-state index contributed by atoms with van der Waals surface area (Å²) >= 11 is 0. The quantitative estimate of drug-likeness (QED) is 0.658. The summed E-state index contributed by atoms with van der Waals surface area (Å²) in [5.74, 6) is -0.485. The minimum atomic E-state index is -1.14. The van der Waals surface area contributed by atoms with Crippen LogP contribution in [0.25, 0.3) is 0 Å². The van der Waals surface area contributed by atoms with Crippen molar-refractivity contribution in [3.8, 4) is 0 Å². The normalized spacial score (nSPS) is 10.0. The minimum absolute atomic E-state index is 0.205. The van der Waals surface area contributed by atoms with E-state index in [9.17, 15) is 9.59 Å². The molecule has 0 radical (unpaired) electrons. The highest BCUT2D eigenvalue weighted by molar-refractivity contribution is 5.93. The van der Waals surface area contributed by atoms with Crippen LogP contribution >= 0.6 is 0 Å². The highest BCUT2D eigenvalue weighted by Gasteiger charge is 2.14. The third-order valence-electron chi connectivity index (χ3n) is 1.75. The summed E-state index contributed by atoms with van der Waals surface area (Å²) in [7, 11) is 1.51. The van der Waals surface area contributed by atoms with Gasteiger partial charge in [0.1, 0.15) is 12.2 Å². The van der Waals surface area contributed by atoms with E-state index in [1.54, 1.807) is 6.92 Å². The fourth-order valence-corrected chi connectivity index (χ4v) is 1.02. The Morgan fingerprint density at radius 3 is 2.67 bits per heavy atom. The van der Waals surface area contributed by atoms with E-state index in [0.717, 1.165) is 0 Å². The second kappa shape index (κ2) is 4.54. The Morgan fingerprint density at radius 1 is 1.53 bits per heavy atom. The number of nitrogens with zero attached hydrogens (tertiary/aromatic N) is 3. The molecule has 0 saturated carbocycles. The molecular weight excluding hydrogens is 200 g/mol. The van der Waals surface area contributed by atoms with Crippen molar-refractivity contribution in [1.29, 1.82) is 0 Å². The van der Waals surface area contributed by atoms with Crippen LogP contribution in [0.15, 0.2) is 0 Å². The predicted molar refractivity (Wildman–Crippen MR) is 49.8 cm³/mol. The van der Waals surface area contributed by atoms with Gasteiger partial charge in [0.15, 0.2) is 5.82 Å². The SMILES string of the molecule is Cc1nc(CN(C)C(=O)CC(=O)O)n[nH]1. The molecule has 0 aromatic carbocycles. The van der Waals surface area contributed by atoms with E-state index in [-0.39, 0.29) is 6.54 Å². The molecule has 7 heteroatoms. The first-order chi connectivity index (χ1) is 6.99. The van der Waals surface area contributed by atoms with Crippen LogP contribution < -0.4 is 0 Å². The van der Waals surface area contributed by atoms with Crippen molar-refractivity contribution in [2.75, 3.05) is 7.05 Å². The van der Waals surface area contributed by atoms with Gasteiger partial charge >= 0.3 is 5.97 Å². The Bertz CT molecular complexity index is 374. The number of aliphatic carboxylic acids is 1. The number of nitrogens with one attached hydrogen (secondary N) is 1. The summed E-state index contributed by atoms with van der Waals surface area (Å²) in [6, 6.07) is 0. The van der Waals surface area contributed by atoms with Crippen LogP contribution in [0, 0.1) is 6.92 Å². The van der Waals surface area contributed by atoms with Gasteiger partial charge in [-0.05, 0) is 6.92 Å². The second-order valence-electron chi connectivity index (χ2n) is 3.16. The molecule has 1 aromatic rings. The van der Waals surface area contributed by atoms with Crippen LogP contribution in [0.2, 0.25) is 0 Å². The predicted octanol–water partition coefficient (Wildman–Crippen LogP) is -0.454. The maximum absolute atomic E-state index is 11.2. The zero-order chi connectivity index (χ0) is 11.4. The lowest BCUT2D eigenvalue weighted by molar-refractivity contribution is -0.143. The first-order valence-electron chi connectivity index (χ1n) is 4.32. The van der Waals surface area contributed by atoms with Gasteiger partial charge in [0, 0.05) is 7.05 Å². The van der Waals surface area contributed by atoms with E-state index >= 15 is 0 Å². The van der Waals surface area contributed by atoms with Crippen LogP contribution in [0.1, 0.15) is 18.1 Å². The van der Waals surface area contributed by atoms with E-state index < -0.39 is 18.3 Å². The first kappa shape index (κ1) is 11.2. The smallest absolute Gasteiger partial charge is 0.312 e. The van der Waals surface area contributed by atoms with Crippen LogP contribution in [-0.2, 0) is 16.1 Å². The van der Waals surface area contributed by atoms with Gasteiger partial charge in [-0.25, -0.2) is 4.98 Å². The van der Waals surface area contributed by atoms with E-state index in [0.29, 0.717) is 11.6 Å². The molecule has 0 aliphatic heterocycles. The van der Waals surface area contributed by atoms with Gasteiger partial charge in [-0.15, -0.1) is 0 Å². The number of hydrogen-bond acceptors (Lipinski definition) is 4. The largest absolute Gasteiger partial charge is 0.481 e. The number of hydrogen-bond donors (Lipinski definition) is 2. The number of carbonyl (C=O) groups excluding carboxylic acids is 1. The molecule has 0 saturated heterocycles. The Balaban J connectivity index is 2.51. The summed E-state index contributed by atoms with van der Waals surface area (Å²) in [6.07, 6.45) is -0.514. The molecule has 0 aliphatic carbocycles. The number of aromatic amines is 1. The summed E-state index contributed by atoms with van der Waals surface area (Å²) in [5.41, 5.74) is 0. The molecule has 15 heavy (non-hydrogen) atoms. The number of aromatic nitrogens is 3. The molecule has 7 nitrogen and oxygen atoms in total. The average Bonchev–Trinajstić information content (AvgIpc) is 2.50. The van der Waals surface area contributed by atoms with Gasteiger partial charge in [0.25, 0.3) is 0 Å². The third-order valence-corrected chi connectivity index (χ3v) is 1.75. The highest BCUT2D eigenvalue weighted by Crippen LogP contribution is 1.99. The van der Waals surface area contributed by atoms with Gasteiger partial charge in [-0.3, -0.25) is 14.7 Å². The van der Waals surface area contributed by atoms with Crippen LogP contribution in [0.4, 0.5) is 0 Å². The van der Waals surface area contributed by atoms with Crippen molar-refractivity contribution >= 4 is 11.9 Å². The van der Waals surface area contributed by atoms with Gasteiger partial charge in [0.2, 0.25) is 5.91 Å². The molecule has 0 fully saturated rings. The van der Waals surface area contributed by atoms with Crippen molar-refractivity contribution in [2.24, 2.45) is 0 Å². The summed E-state index contributed by atoms with van der Waals surface area (Å²) in [4.78, 5) is 26.8. The Hall–Kier alpha value is -1.92.